The minimum absolute atomic E-state index is 0.612. The Morgan fingerprint density at radius 1 is 1.05 bits per heavy atom. The molecule has 2 heteroatoms. The molecule has 2 unspecified atom stereocenters. The predicted octanol–water partition coefficient (Wildman–Crippen LogP) is 3.42. The molecule has 1 N–H and O–H groups in total. The van der Waals surface area contributed by atoms with Crippen LogP contribution in [0.15, 0.2) is 0 Å². The predicted molar refractivity (Wildman–Crippen MR) is 81.4 cm³/mol. The second-order valence-corrected chi connectivity index (χ2v) is 7.36. The molecule has 3 rings (SSSR count). The van der Waals surface area contributed by atoms with Crippen molar-refractivity contribution >= 4 is 0 Å². The summed E-state index contributed by atoms with van der Waals surface area (Å²) in [6.07, 6.45) is 13.3. The lowest BCUT2D eigenvalue weighted by Gasteiger charge is -2.43. The van der Waals surface area contributed by atoms with Crippen LogP contribution in [0.25, 0.3) is 0 Å². The monoisotopic (exact) mass is 264 g/mol. The van der Waals surface area contributed by atoms with Crippen LogP contribution in [-0.4, -0.2) is 37.1 Å². The number of hydrogen-bond acceptors (Lipinski definition) is 2. The molecule has 2 aliphatic carbocycles. The van der Waals surface area contributed by atoms with E-state index in [-0.39, 0.29) is 0 Å². The molecule has 3 aliphatic rings. The Balaban J connectivity index is 1.63. The molecule has 2 saturated carbocycles. The lowest BCUT2D eigenvalue weighted by Crippen LogP contribution is -2.50. The largest absolute Gasteiger partial charge is 0.316 e. The van der Waals surface area contributed by atoms with E-state index in [1.54, 1.807) is 0 Å². The maximum Gasteiger partial charge on any atom is 0.0124 e. The van der Waals surface area contributed by atoms with Crippen LogP contribution in [0.5, 0.6) is 0 Å². The molecule has 0 amide bonds. The van der Waals surface area contributed by atoms with E-state index < -0.39 is 0 Å². The van der Waals surface area contributed by atoms with Gasteiger partial charge in [-0.15, -0.1) is 0 Å². The molecule has 2 nitrogen and oxygen atoms in total. The molecule has 3 fully saturated rings. The second-order valence-electron chi connectivity index (χ2n) is 7.36. The van der Waals surface area contributed by atoms with E-state index in [4.69, 9.17) is 0 Å². The molecule has 2 atom stereocenters. The summed E-state index contributed by atoms with van der Waals surface area (Å²) in [5.41, 5.74) is 0.612. The molecule has 0 aromatic carbocycles. The first kappa shape index (κ1) is 13.9. The highest BCUT2D eigenvalue weighted by atomic mass is 15.2. The zero-order chi connectivity index (χ0) is 13.1. The van der Waals surface area contributed by atoms with E-state index in [9.17, 15) is 0 Å². The van der Waals surface area contributed by atoms with Gasteiger partial charge < -0.3 is 5.32 Å². The van der Waals surface area contributed by atoms with Crippen molar-refractivity contribution in [1.82, 2.24) is 10.2 Å². The Morgan fingerprint density at radius 3 is 2.63 bits per heavy atom. The highest BCUT2D eigenvalue weighted by Gasteiger charge is 2.41. The number of hydrogen-bond donors (Lipinski definition) is 1. The van der Waals surface area contributed by atoms with E-state index in [1.165, 1.54) is 77.4 Å². The maximum absolute atomic E-state index is 3.65. The molecular formula is C17H32N2. The van der Waals surface area contributed by atoms with Gasteiger partial charge in [0.25, 0.3) is 0 Å². The zero-order valence-corrected chi connectivity index (χ0v) is 12.8. The van der Waals surface area contributed by atoms with Crippen LogP contribution < -0.4 is 5.32 Å². The molecule has 0 bridgehead atoms. The Labute approximate surface area is 119 Å². The third-order valence-corrected chi connectivity index (χ3v) is 6.06. The van der Waals surface area contributed by atoms with E-state index in [2.05, 4.69) is 17.1 Å². The molecule has 0 spiro atoms. The Morgan fingerprint density at radius 2 is 1.84 bits per heavy atom. The second kappa shape index (κ2) is 6.13. The van der Waals surface area contributed by atoms with Crippen LogP contribution in [0, 0.1) is 11.3 Å². The van der Waals surface area contributed by atoms with Gasteiger partial charge in [0.1, 0.15) is 0 Å². The average molecular weight is 264 g/mol. The topological polar surface area (TPSA) is 15.3 Å². The molecule has 0 radical (unpaired) electrons. The Bertz CT molecular complexity index is 283. The SMILES string of the molecule is CCNCC1(CN2CCCC3CCCC32)CCCC1. The van der Waals surface area contributed by atoms with Gasteiger partial charge in [0.2, 0.25) is 0 Å². The zero-order valence-electron chi connectivity index (χ0n) is 12.8. The maximum atomic E-state index is 3.65. The summed E-state index contributed by atoms with van der Waals surface area (Å²) in [6, 6.07) is 0.952. The molecule has 1 saturated heterocycles. The first-order valence-corrected chi connectivity index (χ1v) is 8.78. The summed E-state index contributed by atoms with van der Waals surface area (Å²) < 4.78 is 0. The van der Waals surface area contributed by atoms with Gasteiger partial charge in [-0.1, -0.05) is 26.2 Å². The normalized spacial score (nSPS) is 34.6. The van der Waals surface area contributed by atoms with Gasteiger partial charge in [0, 0.05) is 19.1 Å². The van der Waals surface area contributed by atoms with E-state index in [0.29, 0.717) is 5.41 Å². The highest BCUT2D eigenvalue weighted by molar-refractivity contribution is 4.95. The third kappa shape index (κ3) is 3.00. The summed E-state index contributed by atoms with van der Waals surface area (Å²) in [7, 11) is 0. The van der Waals surface area contributed by atoms with Gasteiger partial charge in [-0.2, -0.15) is 0 Å². The fourth-order valence-electron chi connectivity index (χ4n) is 5.09. The fourth-order valence-corrected chi connectivity index (χ4v) is 5.09. The van der Waals surface area contributed by atoms with Crippen LogP contribution >= 0.6 is 0 Å². The van der Waals surface area contributed by atoms with Gasteiger partial charge in [-0.3, -0.25) is 4.90 Å². The summed E-state index contributed by atoms with van der Waals surface area (Å²) in [4.78, 5) is 2.91. The van der Waals surface area contributed by atoms with Crippen molar-refractivity contribution in [2.45, 2.75) is 70.8 Å². The van der Waals surface area contributed by atoms with Crippen LogP contribution in [-0.2, 0) is 0 Å². The van der Waals surface area contributed by atoms with E-state index >= 15 is 0 Å². The van der Waals surface area contributed by atoms with Gasteiger partial charge in [-0.05, 0) is 62.9 Å². The van der Waals surface area contributed by atoms with Gasteiger partial charge >= 0.3 is 0 Å². The third-order valence-electron chi connectivity index (χ3n) is 6.06. The fraction of sp³-hybridized carbons (Fsp3) is 1.00. The number of fused-ring (bicyclic) bond motifs is 1. The van der Waals surface area contributed by atoms with Crippen molar-refractivity contribution in [1.29, 1.82) is 0 Å². The first-order chi connectivity index (χ1) is 9.33. The summed E-state index contributed by atoms with van der Waals surface area (Å²) in [5, 5.41) is 3.65. The summed E-state index contributed by atoms with van der Waals surface area (Å²) in [6.45, 7) is 7.41. The first-order valence-electron chi connectivity index (χ1n) is 8.78. The van der Waals surface area contributed by atoms with E-state index in [0.717, 1.165) is 18.5 Å². The highest BCUT2D eigenvalue weighted by Crippen LogP contribution is 2.42. The minimum Gasteiger partial charge on any atom is -0.316 e. The molecule has 19 heavy (non-hydrogen) atoms. The van der Waals surface area contributed by atoms with Crippen LogP contribution in [0.2, 0.25) is 0 Å². The lowest BCUT2D eigenvalue weighted by molar-refractivity contribution is 0.0601. The van der Waals surface area contributed by atoms with Crippen molar-refractivity contribution in [2.75, 3.05) is 26.2 Å². The molecule has 110 valence electrons. The van der Waals surface area contributed by atoms with Gasteiger partial charge in [-0.25, -0.2) is 0 Å². The van der Waals surface area contributed by atoms with Crippen molar-refractivity contribution in [3.8, 4) is 0 Å². The summed E-state index contributed by atoms with van der Waals surface area (Å²) in [5.74, 6) is 1.05. The van der Waals surface area contributed by atoms with Crippen molar-refractivity contribution in [2.24, 2.45) is 11.3 Å². The Kier molecular flexibility index (Phi) is 4.48. The summed E-state index contributed by atoms with van der Waals surface area (Å²) >= 11 is 0. The van der Waals surface area contributed by atoms with Crippen molar-refractivity contribution < 1.29 is 0 Å². The molecule has 1 aliphatic heterocycles. The molecule has 0 aromatic rings. The molecular weight excluding hydrogens is 232 g/mol. The van der Waals surface area contributed by atoms with Crippen molar-refractivity contribution in [3.63, 3.8) is 0 Å². The van der Waals surface area contributed by atoms with Crippen LogP contribution in [0.3, 0.4) is 0 Å². The molecule has 0 aromatic heterocycles. The number of nitrogens with zero attached hydrogens (tertiary/aromatic N) is 1. The van der Waals surface area contributed by atoms with Gasteiger partial charge in [0.05, 0.1) is 0 Å². The Hall–Kier alpha value is -0.0800. The quantitative estimate of drug-likeness (QED) is 0.818. The molecule has 1 heterocycles. The van der Waals surface area contributed by atoms with Crippen LogP contribution in [0.4, 0.5) is 0 Å². The minimum atomic E-state index is 0.612. The average Bonchev–Trinajstić information content (AvgIpc) is 3.06. The van der Waals surface area contributed by atoms with E-state index in [1.807, 2.05) is 0 Å². The van der Waals surface area contributed by atoms with Crippen LogP contribution in [0.1, 0.15) is 64.7 Å². The number of piperidine rings is 1. The lowest BCUT2D eigenvalue weighted by atomic mass is 9.82. The van der Waals surface area contributed by atoms with Gasteiger partial charge in [0.15, 0.2) is 0 Å². The number of nitrogens with one attached hydrogen (secondary N) is 1. The number of rotatable bonds is 5. The number of likely N-dealkylation sites (tertiary alicyclic amines) is 1. The van der Waals surface area contributed by atoms with Crippen molar-refractivity contribution in [3.05, 3.63) is 0 Å². The smallest absolute Gasteiger partial charge is 0.0124 e. The standard InChI is InChI=1S/C17H32N2/c1-2-18-13-17(10-3-4-11-17)14-19-12-6-8-15-7-5-9-16(15)19/h15-16,18H,2-14H2,1H3.